The molecule has 0 radical (unpaired) electrons. The lowest BCUT2D eigenvalue weighted by Crippen LogP contribution is -2.21. The zero-order chi connectivity index (χ0) is 23.0. The van der Waals surface area contributed by atoms with E-state index in [1.807, 2.05) is 0 Å². The number of hydrogen-bond acceptors (Lipinski definition) is 3. The van der Waals surface area contributed by atoms with E-state index in [0.717, 1.165) is 0 Å². The third-order valence-electron chi connectivity index (χ3n) is 4.81. The number of halogens is 2. The number of allylic oxidation sites excluding steroid dienone is 5. The third kappa shape index (κ3) is 5.76. The van der Waals surface area contributed by atoms with Gasteiger partial charge in [-0.2, -0.15) is 0 Å². The molecule has 0 atom stereocenters. The summed E-state index contributed by atoms with van der Waals surface area (Å²) >= 11 is 5.91. The van der Waals surface area contributed by atoms with Crippen molar-refractivity contribution >= 4 is 33.9 Å². The molecule has 2 aromatic rings. The summed E-state index contributed by atoms with van der Waals surface area (Å²) in [5.74, 6) is -1.08. The minimum atomic E-state index is -0.707. The number of carbonyl (C=O) groups excluding carboxylic acids is 1. The molecular formula is C24H30ClFN2O2. The Balaban J connectivity index is 0.00000103. The van der Waals surface area contributed by atoms with E-state index in [1.54, 1.807) is 45.3 Å². The van der Waals surface area contributed by atoms with Crippen LogP contribution in [-0.2, 0) is 11.8 Å². The van der Waals surface area contributed by atoms with E-state index in [9.17, 15) is 14.0 Å². The number of fused-ring (bicyclic) bond motifs is 1. The van der Waals surface area contributed by atoms with Crippen LogP contribution in [0.3, 0.4) is 0 Å². The van der Waals surface area contributed by atoms with Crippen molar-refractivity contribution in [3.8, 4) is 0 Å². The van der Waals surface area contributed by atoms with E-state index in [1.165, 1.54) is 24.3 Å². The van der Waals surface area contributed by atoms with Gasteiger partial charge in [-0.05, 0) is 37.1 Å². The van der Waals surface area contributed by atoms with Gasteiger partial charge in [-0.25, -0.2) is 9.37 Å². The maximum atomic E-state index is 14.7. The summed E-state index contributed by atoms with van der Waals surface area (Å²) in [6.45, 7) is 12.8. The van der Waals surface area contributed by atoms with Crippen LogP contribution in [0, 0.1) is 0 Å². The van der Waals surface area contributed by atoms with E-state index < -0.39 is 5.83 Å². The monoisotopic (exact) mass is 432 g/mol. The Hall–Kier alpha value is -2.53. The molecule has 0 spiro atoms. The lowest BCUT2D eigenvalue weighted by atomic mass is 9.95. The van der Waals surface area contributed by atoms with Gasteiger partial charge in [0.1, 0.15) is 11.0 Å². The average Bonchev–Trinajstić information content (AvgIpc) is 2.76. The third-order valence-corrected chi connectivity index (χ3v) is 5.02. The smallest absolute Gasteiger partial charge is 0.258 e. The van der Waals surface area contributed by atoms with Gasteiger partial charge in [-0.1, -0.05) is 57.9 Å². The number of hydrogen-bond donors (Lipinski definition) is 0. The average molecular weight is 433 g/mol. The fourth-order valence-corrected chi connectivity index (χ4v) is 2.94. The van der Waals surface area contributed by atoms with Gasteiger partial charge in [0.25, 0.3) is 5.56 Å². The molecule has 0 aliphatic heterocycles. The summed E-state index contributed by atoms with van der Waals surface area (Å²) in [5, 5.41) is 0.977. The second-order valence-electron chi connectivity index (χ2n) is 6.88. The number of pyridine rings is 2. The van der Waals surface area contributed by atoms with E-state index in [4.69, 9.17) is 11.6 Å². The molecule has 0 saturated heterocycles. The highest BCUT2D eigenvalue weighted by Crippen LogP contribution is 2.29. The molecule has 2 aromatic heterocycles. The summed E-state index contributed by atoms with van der Waals surface area (Å²) in [4.78, 5) is 28.6. The summed E-state index contributed by atoms with van der Waals surface area (Å²) < 4.78 is 16.2. The minimum Gasteiger partial charge on any atom is -0.311 e. The molecule has 30 heavy (non-hydrogen) atoms. The van der Waals surface area contributed by atoms with Crippen LogP contribution in [0.5, 0.6) is 0 Å². The van der Waals surface area contributed by atoms with Crippen LogP contribution in [0.4, 0.5) is 4.39 Å². The van der Waals surface area contributed by atoms with E-state index in [-0.39, 0.29) is 34.1 Å². The largest absolute Gasteiger partial charge is 0.311 e. The Morgan fingerprint density at radius 1 is 1.27 bits per heavy atom. The lowest BCUT2D eigenvalue weighted by Gasteiger charge is -2.13. The molecule has 2 rings (SSSR count). The molecular weight excluding hydrogens is 403 g/mol. The van der Waals surface area contributed by atoms with E-state index >= 15 is 0 Å². The SMILES string of the molecule is C=C(C(=O)CC)/C(F)=C(C)\C(=C/C)c1cc2cnc(Cl)cc2n(C)c1=O.CCCC. The zero-order valence-electron chi connectivity index (χ0n) is 18.6. The summed E-state index contributed by atoms with van der Waals surface area (Å²) in [5.41, 5.74) is 1.06. The van der Waals surface area contributed by atoms with Gasteiger partial charge in [-0.3, -0.25) is 9.59 Å². The Labute approximate surface area is 182 Å². The van der Waals surface area contributed by atoms with E-state index in [2.05, 4.69) is 25.4 Å². The molecule has 0 aliphatic rings. The van der Waals surface area contributed by atoms with Crippen molar-refractivity contribution in [3.05, 3.63) is 69.0 Å². The molecule has 2 heterocycles. The summed E-state index contributed by atoms with van der Waals surface area (Å²) in [6.07, 6.45) is 6.00. The molecule has 162 valence electrons. The minimum absolute atomic E-state index is 0.162. The molecule has 0 unspecified atom stereocenters. The van der Waals surface area contributed by atoms with Crippen LogP contribution in [0.2, 0.25) is 5.15 Å². The lowest BCUT2D eigenvalue weighted by molar-refractivity contribution is -0.115. The fourth-order valence-electron chi connectivity index (χ4n) is 2.79. The molecule has 0 N–H and O–H groups in total. The maximum Gasteiger partial charge on any atom is 0.258 e. The highest BCUT2D eigenvalue weighted by molar-refractivity contribution is 6.30. The molecule has 0 amide bonds. The van der Waals surface area contributed by atoms with Crippen molar-refractivity contribution in [2.24, 2.45) is 7.05 Å². The topological polar surface area (TPSA) is 52.0 Å². The number of nitrogens with zero attached hydrogens (tertiary/aromatic N) is 2. The second-order valence-corrected chi connectivity index (χ2v) is 7.27. The first-order chi connectivity index (χ1) is 14.1. The van der Waals surface area contributed by atoms with Gasteiger partial charge in [-0.15, -0.1) is 0 Å². The van der Waals surface area contributed by atoms with Gasteiger partial charge in [0.15, 0.2) is 5.78 Å². The first-order valence-electron chi connectivity index (χ1n) is 10.1. The highest BCUT2D eigenvalue weighted by atomic mass is 35.5. The van der Waals surface area contributed by atoms with Crippen molar-refractivity contribution in [3.63, 3.8) is 0 Å². The van der Waals surface area contributed by atoms with Gasteiger partial charge < -0.3 is 4.57 Å². The number of Topliss-reactive ketones (excluding diaryl/α,β-unsaturated/α-hetero) is 1. The fraction of sp³-hybridized carbons (Fsp3) is 0.375. The number of rotatable bonds is 6. The maximum absolute atomic E-state index is 14.7. The van der Waals surface area contributed by atoms with Gasteiger partial charge in [0.2, 0.25) is 0 Å². The number of aryl methyl sites for hydroxylation is 1. The van der Waals surface area contributed by atoms with Crippen LogP contribution >= 0.6 is 11.6 Å². The number of carbonyl (C=O) groups is 1. The van der Waals surface area contributed by atoms with Gasteiger partial charge in [0.05, 0.1) is 5.52 Å². The molecule has 4 nitrogen and oxygen atoms in total. The van der Waals surface area contributed by atoms with Crippen molar-refractivity contribution in [1.29, 1.82) is 0 Å². The molecule has 0 fully saturated rings. The Morgan fingerprint density at radius 3 is 2.37 bits per heavy atom. The van der Waals surface area contributed by atoms with Gasteiger partial charge in [0, 0.05) is 36.2 Å². The standard InChI is InChI=1S/C20H20ClFN2O2.C4H10/c1-6-14(11(3)19(22)12(4)17(25)7-2)15-8-13-10-23-18(21)9-16(13)24(5)20(15)26;1-3-4-2/h6,8-10H,4,7H2,1-3,5H3;3-4H2,1-2H3/b14-6+,19-11+;. The van der Waals surface area contributed by atoms with Crippen molar-refractivity contribution < 1.29 is 9.18 Å². The zero-order valence-corrected chi connectivity index (χ0v) is 19.4. The first kappa shape index (κ1) is 25.5. The first-order valence-corrected chi connectivity index (χ1v) is 10.4. The van der Waals surface area contributed by atoms with Crippen LogP contribution in [0.1, 0.15) is 59.4 Å². The van der Waals surface area contributed by atoms with Crippen LogP contribution in [0.15, 0.2) is 52.8 Å². The molecule has 0 aromatic carbocycles. The molecule has 0 saturated carbocycles. The summed E-state index contributed by atoms with van der Waals surface area (Å²) in [7, 11) is 1.62. The number of ketones is 1. The predicted octanol–water partition coefficient (Wildman–Crippen LogP) is 6.58. The Bertz CT molecular complexity index is 1060. The van der Waals surface area contributed by atoms with Crippen molar-refractivity contribution in [2.45, 2.75) is 53.9 Å². The van der Waals surface area contributed by atoms with Crippen molar-refractivity contribution in [1.82, 2.24) is 9.55 Å². The van der Waals surface area contributed by atoms with Crippen LogP contribution in [0.25, 0.3) is 16.5 Å². The molecule has 0 aliphatic carbocycles. The van der Waals surface area contributed by atoms with Crippen LogP contribution < -0.4 is 5.56 Å². The quantitative estimate of drug-likeness (QED) is 0.294. The van der Waals surface area contributed by atoms with Gasteiger partial charge >= 0.3 is 0 Å². The van der Waals surface area contributed by atoms with Crippen molar-refractivity contribution in [2.75, 3.05) is 0 Å². The summed E-state index contributed by atoms with van der Waals surface area (Å²) in [6, 6.07) is 3.25. The number of aromatic nitrogens is 2. The normalized spacial score (nSPS) is 12.2. The second kappa shape index (κ2) is 11.6. The Kier molecular flexibility index (Phi) is 9.86. The predicted molar refractivity (Wildman–Crippen MR) is 124 cm³/mol. The highest BCUT2D eigenvalue weighted by Gasteiger charge is 2.19. The number of unbranched alkanes of at least 4 members (excludes halogenated alkanes) is 1. The molecule has 0 bridgehead atoms. The Morgan fingerprint density at radius 2 is 1.87 bits per heavy atom. The van der Waals surface area contributed by atoms with E-state index in [0.29, 0.717) is 22.0 Å². The van der Waals surface area contributed by atoms with Crippen LogP contribution in [-0.4, -0.2) is 15.3 Å². The molecule has 6 heteroatoms.